The fourth-order valence-corrected chi connectivity index (χ4v) is 6.08. The number of anilines is 2. The predicted molar refractivity (Wildman–Crippen MR) is 116 cm³/mol. The lowest BCUT2D eigenvalue weighted by Crippen LogP contribution is -2.47. The van der Waals surface area contributed by atoms with Crippen molar-refractivity contribution >= 4 is 21.6 Å². The van der Waals surface area contributed by atoms with Gasteiger partial charge in [0.05, 0.1) is 23.8 Å². The molecule has 0 amide bonds. The Morgan fingerprint density at radius 1 is 1.13 bits per heavy atom. The smallest absolute Gasteiger partial charge is 0.227 e. The molecule has 0 bridgehead atoms. The van der Waals surface area contributed by atoms with Gasteiger partial charge in [-0.1, -0.05) is 12.1 Å². The minimum Gasteiger partial charge on any atom is -0.493 e. The van der Waals surface area contributed by atoms with Crippen LogP contribution in [0.1, 0.15) is 35.3 Å². The highest BCUT2D eigenvalue weighted by molar-refractivity contribution is 7.90. The van der Waals surface area contributed by atoms with Crippen LogP contribution in [0.15, 0.2) is 18.2 Å². The Kier molecular flexibility index (Phi) is 4.82. The van der Waals surface area contributed by atoms with Crippen LogP contribution in [0.25, 0.3) is 0 Å². The number of hydrogen-bond donors (Lipinski definition) is 1. The Bertz CT molecular complexity index is 1080. The minimum absolute atomic E-state index is 0.00390. The van der Waals surface area contributed by atoms with E-state index in [1.165, 1.54) is 11.1 Å². The molecule has 0 spiro atoms. The summed E-state index contributed by atoms with van der Waals surface area (Å²) in [7, 11) is -1.35. The normalized spacial score (nSPS) is 21.1. The van der Waals surface area contributed by atoms with Crippen molar-refractivity contribution in [1.29, 1.82) is 0 Å². The number of fused-ring (bicyclic) bond motifs is 2. The summed E-state index contributed by atoms with van der Waals surface area (Å²) in [5.74, 6) is 2.30. The maximum atomic E-state index is 12.0. The lowest BCUT2D eigenvalue weighted by atomic mass is 10.0. The number of benzene rings is 1. The van der Waals surface area contributed by atoms with E-state index in [0.29, 0.717) is 29.1 Å². The summed E-state index contributed by atoms with van der Waals surface area (Å²) in [6.07, 6.45) is 0.999. The van der Waals surface area contributed by atoms with Crippen molar-refractivity contribution in [3.63, 3.8) is 0 Å². The molecule has 4 heterocycles. The monoisotopic (exact) mass is 429 g/mol. The van der Waals surface area contributed by atoms with E-state index in [9.17, 15) is 8.42 Å². The summed E-state index contributed by atoms with van der Waals surface area (Å²) < 4.78 is 29.8. The van der Waals surface area contributed by atoms with Crippen molar-refractivity contribution in [3.05, 3.63) is 40.6 Å². The molecule has 160 valence electrons. The van der Waals surface area contributed by atoms with Crippen LogP contribution < -0.4 is 15.0 Å². The Morgan fingerprint density at radius 2 is 1.93 bits per heavy atom. The summed E-state index contributed by atoms with van der Waals surface area (Å²) in [4.78, 5) is 13.8. The second-order valence-corrected chi connectivity index (χ2v) is 10.3. The third kappa shape index (κ3) is 3.50. The molecule has 1 N–H and O–H groups in total. The maximum absolute atomic E-state index is 12.0. The molecule has 1 aromatic carbocycles. The van der Waals surface area contributed by atoms with Gasteiger partial charge in [0.15, 0.2) is 9.84 Å². The number of nitrogens with one attached hydrogen (secondary N) is 1. The highest BCUT2D eigenvalue weighted by Gasteiger charge is 2.32. The fraction of sp³-hybridized carbons (Fsp3) is 0.524. The highest BCUT2D eigenvalue weighted by Crippen LogP contribution is 2.33. The first kappa shape index (κ1) is 19.6. The van der Waals surface area contributed by atoms with Crippen molar-refractivity contribution < 1.29 is 13.2 Å². The van der Waals surface area contributed by atoms with Crippen molar-refractivity contribution in [2.24, 2.45) is 0 Å². The maximum Gasteiger partial charge on any atom is 0.227 e. The molecule has 3 aliphatic rings. The molecule has 1 fully saturated rings. The Balaban J connectivity index is 1.29. The number of aromatic nitrogens is 2. The van der Waals surface area contributed by atoms with Crippen LogP contribution in [0.5, 0.6) is 5.75 Å². The summed E-state index contributed by atoms with van der Waals surface area (Å²) in [6.45, 7) is 6.42. The van der Waals surface area contributed by atoms with Crippen LogP contribution in [-0.2, 0) is 27.8 Å². The van der Waals surface area contributed by atoms with Crippen molar-refractivity contribution in [2.75, 3.05) is 50.1 Å². The Morgan fingerprint density at radius 3 is 2.70 bits per heavy atom. The fourth-order valence-electron chi connectivity index (χ4n) is 4.58. The van der Waals surface area contributed by atoms with Crippen LogP contribution in [0.2, 0.25) is 0 Å². The molecule has 9 heteroatoms. The molecular weight excluding hydrogens is 402 g/mol. The van der Waals surface area contributed by atoms with Gasteiger partial charge in [-0.15, -0.1) is 0 Å². The summed E-state index contributed by atoms with van der Waals surface area (Å²) in [5, 5.41) is 3.05. The SMILES string of the molecule is CNc1nc(N2CCN(C(C)c3ccc4c(c3)OCC4)CC2)nc2c1CS(=O)(=O)C2. The van der Waals surface area contributed by atoms with Gasteiger partial charge in [-0.25, -0.2) is 13.4 Å². The van der Waals surface area contributed by atoms with Gasteiger partial charge in [0.1, 0.15) is 11.6 Å². The van der Waals surface area contributed by atoms with E-state index in [1.54, 1.807) is 7.05 Å². The molecule has 1 saturated heterocycles. The van der Waals surface area contributed by atoms with Crippen LogP contribution >= 0.6 is 0 Å². The first-order valence-electron chi connectivity index (χ1n) is 10.5. The third-order valence-corrected chi connectivity index (χ3v) is 7.83. The van der Waals surface area contributed by atoms with Gasteiger partial charge in [-0.05, 0) is 24.1 Å². The number of ether oxygens (including phenoxy) is 1. The summed E-state index contributed by atoms with van der Waals surface area (Å²) in [5.41, 5.74) is 3.93. The average molecular weight is 430 g/mol. The molecule has 0 saturated carbocycles. The number of sulfone groups is 1. The number of piperazine rings is 1. The first-order valence-corrected chi connectivity index (χ1v) is 12.3. The summed E-state index contributed by atoms with van der Waals surface area (Å²) in [6, 6.07) is 6.90. The van der Waals surface area contributed by atoms with Crippen LogP contribution in [0, 0.1) is 0 Å². The second kappa shape index (κ2) is 7.39. The van der Waals surface area contributed by atoms with E-state index < -0.39 is 9.84 Å². The summed E-state index contributed by atoms with van der Waals surface area (Å²) >= 11 is 0. The van der Waals surface area contributed by atoms with E-state index in [0.717, 1.165) is 45.0 Å². The number of rotatable bonds is 4. The zero-order chi connectivity index (χ0) is 20.9. The number of hydrogen-bond acceptors (Lipinski definition) is 8. The first-order chi connectivity index (χ1) is 14.4. The molecule has 30 heavy (non-hydrogen) atoms. The van der Waals surface area contributed by atoms with Gasteiger partial charge in [0.25, 0.3) is 0 Å². The molecule has 0 aliphatic carbocycles. The molecule has 1 atom stereocenters. The van der Waals surface area contributed by atoms with Gasteiger partial charge < -0.3 is 15.0 Å². The van der Waals surface area contributed by atoms with E-state index in [1.807, 2.05) is 0 Å². The van der Waals surface area contributed by atoms with E-state index in [4.69, 9.17) is 4.74 Å². The zero-order valence-electron chi connectivity index (χ0n) is 17.4. The molecule has 1 unspecified atom stereocenters. The average Bonchev–Trinajstić information content (AvgIpc) is 3.34. The molecule has 3 aliphatic heterocycles. The predicted octanol–water partition coefficient (Wildman–Crippen LogP) is 1.76. The molecule has 5 rings (SSSR count). The highest BCUT2D eigenvalue weighted by atomic mass is 32.2. The van der Waals surface area contributed by atoms with Crippen LogP contribution in [0.3, 0.4) is 0 Å². The van der Waals surface area contributed by atoms with Crippen LogP contribution in [0.4, 0.5) is 11.8 Å². The number of nitrogens with zero attached hydrogens (tertiary/aromatic N) is 4. The lowest BCUT2D eigenvalue weighted by molar-refractivity contribution is 0.197. The third-order valence-electron chi connectivity index (χ3n) is 6.39. The van der Waals surface area contributed by atoms with Gasteiger partial charge in [0.2, 0.25) is 5.95 Å². The Hall–Kier alpha value is -2.39. The van der Waals surface area contributed by atoms with Crippen molar-refractivity contribution in [2.45, 2.75) is 30.9 Å². The second-order valence-electron chi connectivity index (χ2n) is 8.24. The van der Waals surface area contributed by atoms with Gasteiger partial charge >= 0.3 is 0 Å². The molecule has 1 aromatic heterocycles. The van der Waals surface area contributed by atoms with E-state index in [2.05, 4.69) is 50.2 Å². The Labute approximate surface area is 177 Å². The van der Waals surface area contributed by atoms with Gasteiger partial charge in [-0.2, -0.15) is 4.98 Å². The van der Waals surface area contributed by atoms with E-state index >= 15 is 0 Å². The largest absolute Gasteiger partial charge is 0.493 e. The van der Waals surface area contributed by atoms with Gasteiger partial charge in [0, 0.05) is 51.3 Å². The quantitative estimate of drug-likeness (QED) is 0.787. The minimum atomic E-state index is -3.12. The van der Waals surface area contributed by atoms with Gasteiger partial charge in [-0.3, -0.25) is 4.90 Å². The van der Waals surface area contributed by atoms with E-state index in [-0.39, 0.29) is 11.5 Å². The standard InChI is InChI=1S/C21H27N5O3S/c1-14(16-4-3-15-5-10-29-19(15)11-16)25-6-8-26(9-7-25)21-23-18-13-30(27,28)12-17(18)20(22-2)24-21/h3-4,11,14H,5-10,12-13H2,1-2H3,(H,22,23,24). The zero-order valence-corrected chi connectivity index (χ0v) is 18.2. The molecule has 0 radical (unpaired) electrons. The lowest BCUT2D eigenvalue weighted by Gasteiger charge is -2.38. The van der Waals surface area contributed by atoms with Crippen molar-refractivity contribution in [1.82, 2.24) is 14.9 Å². The molecular formula is C21H27N5O3S. The molecule has 8 nitrogen and oxygen atoms in total. The molecule has 2 aromatic rings. The van der Waals surface area contributed by atoms with Crippen LogP contribution in [-0.4, -0.2) is 63.1 Å². The van der Waals surface area contributed by atoms with Crippen molar-refractivity contribution in [3.8, 4) is 5.75 Å². The topological polar surface area (TPSA) is 87.7 Å².